The van der Waals surface area contributed by atoms with Gasteiger partial charge in [-0.3, -0.25) is 4.79 Å². The molecule has 3 heterocycles. The summed E-state index contributed by atoms with van der Waals surface area (Å²) in [5.74, 6) is 0.272. The van der Waals surface area contributed by atoms with Crippen molar-refractivity contribution in [2.75, 3.05) is 0 Å². The Labute approximate surface area is 138 Å². The molecule has 6 nitrogen and oxygen atoms in total. The first-order valence-corrected chi connectivity index (χ1v) is 7.61. The molecule has 4 aromatic rings. The van der Waals surface area contributed by atoms with Gasteiger partial charge in [0.1, 0.15) is 0 Å². The van der Waals surface area contributed by atoms with Crippen molar-refractivity contribution < 1.29 is 0 Å². The predicted molar refractivity (Wildman–Crippen MR) is 91.7 cm³/mol. The lowest BCUT2D eigenvalue weighted by Gasteiger charge is -2.08. The molecule has 0 saturated carbocycles. The summed E-state index contributed by atoms with van der Waals surface area (Å²) in [5, 5.41) is 5.73. The highest BCUT2D eigenvalue weighted by atomic mass is 16.1. The highest BCUT2D eigenvalue weighted by molar-refractivity contribution is 5.88. The van der Waals surface area contributed by atoms with Crippen molar-refractivity contribution in [1.82, 2.24) is 24.3 Å². The van der Waals surface area contributed by atoms with E-state index in [4.69, 9.17) is 0 Å². The molecule has 0 radical (unpaired) electrons. The molecule has 0 amide bonds. The molecule has 1 aromatic carbocycles. The minimum Gasteiger partial charge on any atom is -0.317 e. The zero-order chi connectivity index (χ0) is 16.7. The molecule has 0 fully saturated rings. The van der Waals surface area contributed by atoms with Crippen LogP contribution in [-0.4, -0.2) is 24.3 Å². The molecule has 0 aliphatic carbocycles. The number of rotatable bonds is 2. The van der Waals surface area contributed by atoms with Gasteiger partial charge in [-0.25, -0.2) is 9.97 Å². The van der Waals surface area contributed by atoms with Gasteiger partial charge in [-0.1, -0.05) is 18.2 Å². The van der Waals surface area contributed by atoms with Crippen LogP contribution in [0.25, 0.3) is 22.4 Å². The Morgan fingerprint density at radius 2 is 1.62 bits per heavy atom. The predicted octanol–water partition coefficient (Wildman–Crippen LogP) is 2.58. The van der Waals surface area contributed by atoms with E-state index >= 15 is 0 Å². The number of aryl methyl sites for hydroxylation is 2. The van der Waals surface area contributed by atoms with Crippen molar-refractivity contribution in [3.63, 3.8) is 0 Å². The van der Waals surface area contributed by atoms with Gasteiger partial charge in [-0.05, 0) is 32.0 Å². The van der Waals surface area contributed by atoms with E-state index in [0.29, 0.717) is 5.39 Å². The van der Waals surface area contributed by atoms with E-state index in [1.54, 1.807) is 24.7 Å². The number of aromatic nitrogens is 5. The third-order valence-corrected chi connectivity index (χ3v) is 4.16. The lowest BCUT2D eigenvalue weighted by molar-refractivity contribution is 0.762. The molecule has 0 aliphatic rings. The van der Waals surface area contributed by atoms with Crippen LogP contribution in [0.15, 0.2) is 59.8 Å². The molecular weight excluding hydrogens is 302 g/mol. The molecule has 118 valence electrons. The largest absolute Gasteiger partial charge is 0.317 e. The van der Waals surface area contributed by atoms with Crippen LogP contribution in [0.1, 0.15) is 11.4 Å². The van der Waals surface area contributed by atoms with Crippen LogP contribution < -0.4 is 5.56 Å². The number of nitrogens with zero attached hydrogens (tertiary/aromatic N) is 5. The van der Waals surface area contributed by atoms with Crippen LogP contribution in [0.2, 0.25) is 0 Å². The summed E-state index contributed by atoms with van der Waals surface area (Å²) in [4.78, 5) is 21.2. The zero-order valence-corrected chi connectivity index (χ0v) is 13.3. The summed E-state index contributed by atoms with van der Waals surface area (Å²) < 4.78 is 3.31. The van der Waals surface area contributed by atoms with Crippen molar-refractivity contribution in [3.05, 3.63) is 76.7 Å². The highest BCUT2D eigenvalue weighted by Gasteiger charge is 2.18. The summed E-state index contributed by atoms with van der Waals surface area (Å²) >= 11 is 0. The summed E-state index contributed by atoms with van der Waals surface area (Å²) in [6.45, 7) is 3.94. The van der Waals surface area contributed by atoms with E-state index in [-0.39, 0.29) is 11.5 Å². The summed E-state index contributed by atoms with van der Waals surface area (Å²) in [6.07, 6.45) is 4.89. The van der Waals surface area contributed by atoms with Crippen LogP contribution in [0.4, 0.5) is 0 Å². The fourth-order valence-electron chi connectivity index (χ4n) is 3.07. The Hall–Kier alpha value is -3.28. The van der Waals surface area contributed by atoms with E-state index < -0.39 is 0 Å². The van der Waals surface area contributed by atoms with Gasteiger partial charge in [0.25, 0.3) is 11.5 Å². The molecule has 4 rings (SSSR count). The summed E-state index contributed by atoms with van der Waals surface area (Å²) in [5.41, 5.74) is 2.67. The van der Waals surface area contributed by atoms with Gasteiger partial charge >= 0.3 is 0 Å². The van der Waals surface area contributed by atoms with Crippen LogP contribution in [-0.2, 0) is 0 Å². The monoisotopic (exact) mass is 317 g/mol. The maximum atomic E-state index is 13.0. The molecule has 6 heteroatoms. The number of hydrogen-bond donors (Lipinski definition) is 0. The van der Waals surface area contributed by atoms with E-state index in [1.807, 2.05) is 44.2 Å². The average Bonchev–Trinajstić information content (AvgIpc) is 2.88. The molecule has 3 aromatic heterocycles. The van der Waals surface area contributed by atoms with Crippen molar-refractivity contribution in [2.24, 2.45) is 0 Å². The molecule has 0 N–H and O–H groups in total. The normalized spacial score (nSPS) is 11.1. The third kappa shape index (κ3) is 2.04. The number of fused-ring (bicyclic) bond motifs is 1. The first kappa shape index (κ1) is 14.3. The Kier molecular flexibility index (Phi) is 3.23. The molecule has 0 bridgehead atoms. The minimum absolute atomic E-state index is 0.214. The molecule has 0 saturated heterocycles. The van der Waals surface area contributed by atoms with Gasteiger partial charge in [0.2, 0.25) is 0 Å². The first-order chi connectivity index (χ1) is 11.7. The van der Waals surface area contributed by atoms with Crippen molar-refractivity contribution in [3.8, 4) is 11.6 Å². The zero-order valence-electron chi connectivity index (χ0n) is 13.3. The molecular formula is C18H15N5O. The molecule has 0 atom stereocenters. The standard InChI is InChI=1S/C18H15N5O/c1-12-15-11-21-23(18-19-9-6-10-20-18)17(24)16(15)13(2)22(12)14-7-4-3-5-8-14/h3-11H,1-2H3. The highest BCUT2D eigenvalue weighted by Crippen LogP contribution is 2.25. The smallest absolute Gasteiger partial charge is 0.283 e. The van der Waals surface area contributed by atoms with Gasteiger partial charge < -0.3 is 4.57 Å². The molecule has 0 spiro atoms. The molecule has 0 aliphatic heterocycles. The Bertz CT molecular complexity index is 1080. The Morgan fingerprint density at radius 1 is 0.917 bits per heavy atom. The van der Waals surface area contributed by atoms with Crippen molar-refractivity contribution in [1.29, 1.82) is 0 Å². The number of hydrogen-bond acceptors (Lipinski definition) is 4. The number of para-hydroxylation sites is 1. The fourth-order valence-corrected chi connectivity index (χ4v) is 3.07. The van der Waals surface area contributed by atoms with Crippen molar-refractivity contribution in [2.45, 2.75) is 13.8 Å². The van der Waals surface area contributed by atoms with Crippen LogP contribution in [0.5, 0.6) is 0 Å². The van der Waals surface area contributed by atoms with E-state index in [1.165, 1.54) is 4.68 Å². The van der Waals surface area contributed by atoms with Gasteiger partial charge in [0, 0.05) is 34.9 Å². The summed E-state index contributed by atoms with van der Waals surface area (Å²) in [6, 6.07) is 11.7. The topological polar surface area (TPSA) is 65.6 Å². The maximum absolute atomic E-state index is 13.0. The second-order valence-electron chi connectivity index (χ2n) is 5.54. The van der Waals surface area contributed by atoms with E-state index in [9.17, 15) is 4.79 Å². The van der Waals surface area contributed by atoms with Gasteiger partial charge in [-0.15, -0.1) is 0 Å². The lowest BCUT2D eigenvalue weighted by Crippen LogP contribution is -2.22. The fraction of sp³-hybridized carbons (Fsp3) is 0.111. The number of benzene rings is 1. The van der Waals surface area contributed by atoms with Gasteiger partial charge in [0.05, 0.1) is 11.6 Å². The quantitative estimate of drug-likeness (QED) is 0.570. The van der Waals surface area contributed by atoms with Gasteiger partial charge in [-0.2, -0.15) is 9.78 Å². The second kappa shape index (κ2) is 5.42. The van der Waals surface area contributed by atoms with Gasteiger partial charge in [0.15, 0.2) is 0 Å². The SMILES string of the molecule is Cc1c2cnn(-c3ncccn3)c(=O)c2c(C)n1-c1ccccc1. The Morgan fingerprint density at radius 3 is 2.33 bits per heavy atom. The van der Waals surface area contributed by atoms with E-state index in [0.717, 1.165) is 22.5 Å². The molecule has 0 unspecified atom stereocenters. The van der Waals surface area contributed by atoms with Crippen LogP contribution in [0.3, 0.4) is 0 Å². The minimum atomic E-state index is -0.214. The second-order valence-corrected chi connectivity index (χ2v) is 5.54. The third-order valence-electron chi connectivity index (χ3n) is 4.16. The first-order valence-electron chi connectivity index (χ1n) is 7.61. The van der Waals surface area contributed by atoms with Crippen LogP contribution in [0, 0.1) is 13.8 Å². The van der Waals surface area contributed by atoms with Crippen LogP contribution >= 0.6 is 0 Å². The van der Waals surface area contributed by atoms with E-state index in [2.05, 4.69) is 19.6 Å². The molecule has 24 heavy (non-hydrogen) atoms. The van der Waals surface area contributed by atoms with Crippen molar-refractivity contribution >= 4 is 10.8 Å². The average molecular weight is 317 g/mol. The maximum Gasteiger partial charge on any atom is 0.283 e. The lowest BCUT2D eigenvalue weighted by atomic mass is 10.2. The summed E-state index contributed by atoms with van der Waals surface area (Å²) in [7, 11) is 0. The Balaban J connectivity index is 2.04.